The standard InChI is InChI=1S/C17H14Cl2N2O2/c1-11(22)20-16(7-12-5-3-2-4-6-12)17(23)21-15-9-13(18)8-14(19)10-15/h2-10H,1H3,(H,20,22)(H,21,23)/b16-7-. The molecule has 2 aromatic rings. The summed E-state index contributed by atoms with van der Waals surface area (Å²) < 4.78 is 0. The van der Waals surface area contributed by atoms with Crippen molar-refractivity contribution in [1.29, 1.82) is 0 Å². The summed E-state index contributed by atoms with van der Waals surface area (Å²) in [5.41, 5.74) is 1.35. The molecule has 0 aliphatic rings. The Hall–Kier alpha value is -2.30. The maximum atomic E-state index is 12.4. The van der Waals surface area contributed by atoms with Gasteiger partial charge >= 0.3 is 0 Å². The predicted molar refractivity (Wildman–Crippen MR) is 93.3 cm³/mol. The highest BCUT2D eigenvalue weighted by Crippen LogP contribution is 2.22. The SMILES string of the molecule is CC(=O)N/C(=C\c1ccccc1)C(=O)Nc1cc(Cl)cc(Cl)c1. The van der Waals surface area contributed by atoms with Crippen LogP contribution in [0, 0.1) is 0 Å². The number of benzene rings is 2. The van der Waals surface area contributed by atoms with E-state index in [1.54, 1.807) is 24.3 Å². The fourth-order valence-corrected chi connectivity index (χ4v) is 2.41. The molecule has 2 N–H and O–H groups in total. The van der Waals surface area contributed by atoms with E-state index in [0.717, 1.165) is 5.56 Å². The number of rotatable bonds is 4. The summed E-state index contributed by atoms with van der Waals surface area (Å²) in [7, 11) is 0. The molecule has 0 aromatic heterocycles. The van der Waals surface area contributed by atoms with Crippen LogP contribution in [0.25, 0.3) is 6.08 Å². The summed E-state index contributed by atoms with van der Waals surface area (Å²) in [5.74, 6) is -0.811. The number of amides is 2. The summed E-state index contributed by atoms with van der Waals surface area (Å²) in [5, 5.41) is 5.99. The van der Waals surface area contributed by atoms with E-state index in [4.69, 9.17) is 23.2 Å². The van der Waals surface area contributed by atoms with E-state index in [2.05, 4.69) is 10.6 Å². The zero-order valence-corrected chi connectivity index (χ0v) is 13.8. The van der Waals surface area contributed by atoms with Crippen molar-refractivity contribution in [2.24, 2.45) is 0 Å². The van der Waals surface area contributed by atoms with Crippen molar-refractivity contribution in [2.75, 3.05) is 5.32 Å². The van der Waals surface area contributed by atoms with Gasteiger partial charge in [0.1, 0.15) is 5.70 Å². The number of hydrogen-bond acceptors (Lipinski definition) is 2. The molecule has 0 saturated carbocycles. The van der Waals surface area contributed by atoms with Gasteiger partial charge in [0.25, 0.3) is 5.91 Å². The van der Waals surface area contributed by atoms with Crippen molar-refractivity contribution < 1.29 is 9.59 Å². The molecule has 0 spiro atoms. The average Bonchev–Trinajstić information content (AvgIpc) is 2.46. The molecule has 23 heavy (non-hydrogen) atoms. The lowest BCUT2D eigenvalue weighted by molar-refractivity contribution is -0.120. The molecule has 0 atom stereocenters. The Bertz CT molecular complexity index is 738. The first kappa shape index (κ1) is 17.1. The van der Waals surface area contributed by atoms with E-state index in [9.17, 15) is 9.59 Å². The van der Waals surface area contributed by atoms with Gasteiger partial charge in [0, 0.05) is 22.7 Å². The van der Waals surface area contributed by atoms with E-state index in [1.807, 2.05) is 30.3 Å². The number of carbonyl (C=O) groups excluding carboxylic acids is 2. The molecule has 4 nitrogen and oxygen atoms in total. The van der Waals surface area contributed by atoms with Crippen LogP contribution in [-0.4, -0.2) is 11.8 Å². The second kappa shape index (κ2) is 7.81. The minimum atomic E-state index is -0.470. The highest BCUT2D eigenvalue weighted by Gasteiger charge is 2.12. The van der Waals surface area contributed by atoms with Gasteiger partial charge in [0.2, 0.25) is 5.91 Å². The highest BCUT2D eigenvalue weighted by atomic mass is 35.5. The Balaban J connectivity index is 2.26. The Morgan fingerprint density at radius 2 is 1.61 bits per heavy atom. The molecule has 2 aromatic carbocycles. The fraction of sp³-hybridized carbons (Fsp3) is 0.0588. The van der Waals surface area contributed by atoms with E-state index < -0.39 is 5.91 Å². The van der Waals surface area contributed by atoms with Gasteiger partial charge in [-0.1, -0.05) is 53.5 Å². The van der Waals surface area contributed by atoms with E-state index in [-0.39, 0.29) is 11.6 Å². The van der Waals surface area contributed by atoms with Crippen LogP contribution < -0.4 is 10.6 Å². The summed E-state index contributed by atoms with van der Waals surface area (Å²) in [6.45, 7) is 1.34. The highest BCUT2D eigenvalue weighted by molar-refractivity contribution is 6.35. The normalized spacial score (nSPS) is 11.0. The van der Waals surface area contributed by atoms with Crippen LogP contribution in [-0.2, 0) is 9.59 Å². The van der Waals surface area contributed by atoms with Crippen LogP contribution in [0.4, 0.5) is 5.69 Å². The summed E-state index contributed by atoms with van der Waals surface area (Å²) >= 11 is 11.8. The van der Waals surface area contributed by atoms with Gasteiger partial charge in [0.15, 0.2) is 0 Å². The molecule has 0 unspecified atom stereocenters. The molecule has 0 aliphatic carbocycles. The average molecular weight is 349 g/mol. The quantitative estimate of drug-likeness (QED) is 0.816. The van der Waals surface area contributed by atoms with Crippen molar-refractivity contribution >= 4 is 46.8 Å². The number of hydrogen-bond donors (Lipinski definition) is 2. The Morgan fingerprint density at radius 3 is 2.17 bits per heavy atom. The van der Waals surface area contributed by atoms with Crippen LogP contribution in [0.15, 0.2) is 54.2 Å². The van der Waals surface area contributed by atoms with Crippen molar-refractivity contribution in [3.8, 4) is 0 Å². The Morgan fingerprint density at radius 1 is 1.00 bits per heavy atom. The van der Waals surface area contributed by atoms with Crippen molar-refractivity contribution in [2.45, 2.75) is 6.92 Å². The molecule has 0 radical (unpaired) electrons. The van der Waals surface area contributed by atoms with Crippen LogP contribution in [0.1, 0.15) is 12.5 Å². The molecule has 0 fully saturated rings. The van der Waals surface area contributed by atoms with Crippen molar-refractivity contribution in [3.63, 3.8) is 0 Å². The van der Waals surface area contributed by atoms with Crippen molar-refractivity contribution in [3.05, 3.63) is 69.8 Å². The molecular weight excluding hydrogens is 335 g/mol. The molecular formula is C17H14Cl2N2O2. The lowest BCUT2D eigenvalue weighted by Crippen LogP contribution is -2.28. The van der Waals surface area contributed by atoms with Gasteiger partial charge in [-0.05, 0) is 29.8 Å². The molecule has 0 bridgehead atoms. The molecule has 0 heterocycles. The molecule has 0 aliphatic heterocycles. The fourth-order valence-electron chi connectivity index (χ4n) is 1.89. The summed E-state index contributed by atoms with van der Waals surface area (Å²) in [6.07, 6.45) is 1.59. The summed E-state index contributed by atoms with van der Waals surface area (Å²) in [6, 6.07) is 13.9. The van der Waals surface area contributed by atoms with E-state index in [0.29, 0.717) is 15.7 Å². The molecule has 0 saturated heterocycles. The van der Waals surface area contributed by atoms with Gasteiger partial charge < -0.3 is 10.6 Å². The zero-order chi connectivity index (χ0) is 16.8. The largest absolute Gasteiger partial charge is 0.322 e. The predicted octanol–water partition coefficient (Wildman–Crippen LogP) is 4.11. The Labute approximate surface area is 144 Å². The minimum absolute atomic E-state index is 0.125. The van der Waals surface area contributed by atoms with Crippen LogP contribution in [0.2, 0.25) is 10.0 Å². The van der Waals surface area contributed by atoms with Gasteiger partial charge in [-0.3, -0.25) is 9.59 Å². The van der Waals surface area contributed by atoms with Crippen LogP contribution >= 0.6 is 23.2 Å². The monoisotopic (exact) mass is 348 g/mol. The van der Waals surface area contributed by atoms with Gasteiger partial charge in [-0.2, -0.15) is 0 Å². The first-order valence-corrected chi connectivity index (χ1v) is 7.51. The smallest absolute Gasteiger partial charge is 0.272 e. The maximum absolute atomic E-state index is 12.4. The summed E-state index contributed by atoms with van der Waals surface area (Å²) in [4.78, 5) is 23.7. The van der Waals surface area contributed by atoms with E-state index >= 15 is 0 Å². The molecule has 2 rings (SSSR count). The van der Waals surface area contributed by atoms with Crippen LogP contribution in [0.5, 0.6) is 0 Å². The first-order valence-electron chi connectivity index (χ1n) is 6.76. The third-order valence-electron chi connectivity index (χ3n) is 2.79. The third kappa shape index (κ3) is 5.43. The topological polar surface area (TPSA) is 58.2 Å². The van der Waals surface area contributed by atoms with Gasteiger partial charge in [-0.25, -0.2) is 0 Å². The van der Waals surface area contributed by atoms with Crippen molar-refractivity contribution in [1.82, 2.24) is 5.32 Å². The lowest BCUT2D eigenvalue weighted by atomic mass is 10.2. The molecule has 6 heteroatoms. The molecule has 2 amide bonds. The number of nitrogens with one attached hydrogen (secondary N) is 2. The number of anilines is 1. The first-order chi connectivity index (χ1) is 10.9. The third-order valence-corrected chi connectivity index (χ3v) is 3.22. The number of carbonyl (C=O) groups is 2. The second-order valence-corrected chi connectivity index (χ2v) is 5.64. The molecule has 118 valence electrons. The van der Waals surface area contributed by atoms with Crippen LogP contribution in [0.3, 0.4) is 0 Å². The Kier molecular flexibility index (Phi) is 5.79. The van der Waals surface area contributed by atoms with E-state index in [1.165, 1.54) is 6.92 Å². The zero-order valence-electron chi connectivity index (χ0n) is 12.3. The second-order valence-electron chi connectivity index (χ2n) is 4.76. The number of halogens is 2. The maximum Gasteiger partial charge on any atom is 0.272 e. The lowest BCUT2D eigenvalue weighted by Gasteiger charge is -2.10. The van der Waals surface area contributed by atoms with Gasteiger partial charge in [-0.15, -0.1) is 0 Å². The minimum Gasteiger partial charge on any atom is -0.322 e. The van der Waals surface area contributed by atoms with Gasteiger partial charge in [0.05, 0.1) is 0 Å².